The fourth-order valence-corrected chi connectivity index (χ4v) is 3.53. The molecule has 1 aromatic rings. The minimum Gasteiger partial charge on any atom is -0.472 e. The van der Waals surface area contributed by atoms with Crippen molar-refractivity contribution in [3.63, 3.8) is 0 Å². The second-order valence-electron chi connectivity index (χ2n) is 5.87. The summed E-state index contributed by atoms with van der Waals surface area (Å²) in [4.78, 5) is 12.0. The van der Waals surface area contributed by atoms with Crippen LogP contribution in [0.4, 0.5) is 0 Å². The van der Waals surface area contributed by atoms with Crippen LogP contribution in [0.15, 0.2) is 65.8 Å². The Balaban J connectivity index is 1.80. The number of nitrogens with one attached hydrogen (secondary N) is 2. The molecule has 0 saturated heterocycles. The summed E-state index contributed by atoms with van der Waals surface area (Å²) in [7, 11) is 0. The number of ether oxygens (including phenoxy) is 1. The molecule has 2 aliphatic heterocycles. The summed E-state index contributed by atoms with van der Waals surface area (Å²) >= 11 is 0. The van der Waals surface area contributed by atoms with Crippen LogP contribution >= 0.6 is 0 Å². The highest BCUT2D eigenvalue weighted by Crippen LogP contribution is 2.47. The molecule has 2 aliphatic carbocycles. The number of carbonyl (C=O) groups is 1. The molecule has 5 rings (SSSR count). The fraction of sp³-hybridized carbons (Fsp3) is 0.0526. The molecule has 0 radical (unpaired) electrons. The maximum Gasteiger partial charge on any atom is 0.257 e. The maximum absolute atomic E-state index is 12.0. The molecule has 4 nitrogen and oxygen atoms in total. The SMILES string of the molecule is N=C1NC(=O)c2ccc3c(c21)OC12C=CC=CC1=CC=CC2=C3. The Bertz CT molecular complexity index is 960. The van der Waals surface area contributed by atoms with Gasteiger partial charge in [-0.3, -0.25) is 10.2 Å². The van der Waals surface area contributed by atoms with Gasteiger partial charge in [-0.1, -0.05) is 42.5 Å². The van der Waals surface area contributed by atoms with Gasteiger partial charge in [0.15, 0.2) is 5.60 Å². The van der Waals surface area contributed by atoms with Crippen LogP contribution in [-0.4, -0.2) is 17.3 Å². The standard InChI is InChI=1S/C19H12N2O2/c20-17-15-14(18(22)21-17)8-7-11-10-13-6-3-5-12-4-1-2-9-19(12,13)23-16(11)15/h1-10H,(H2,20,21,22). The first-order valence-electron chi connectivity index (χ1n) is 7.42. The fourth-order valence-electron chi connectivity index (χ4n) is 3.53. The van der Waals surface area contributed by atoms with E-state index in [0.717, 1.165) is 16.7 Å². The predicted molar refractivity (Wildman–Crippen MR) is 87.6 cm³/mol. The van der Waals surface area contributed by atoms with Crippen LogP contribution in [0.25, 0.3) is 6.08 Å². The first kappa shape index (κ1) is 12.4. The van der Waals surface area contributed by atoms with Gasteiger partial charge in [0.2, 0.25) is 0 Å². The minimum atomic E-state index is -0.669. The van der Waals surface area contributed by atoms with Crippen LogP contribution in [0.5, 0.6) is 5.75 Å². The highest BCUT2D eigenvalue weighted by atomic mass is 16.5. The predicted octanol–water partition coefficient (Wildman–Crippen LogP) is 2.89. The van der Waals surface area contributed by atoms with Gasteiger partial charge in [0.05, 0.1) is 11.1 Å². The third-order valence-corrected chi connectivity index (χ3v) is 4.62. The van der Waals surface area contributed by atoms with E-state index < -0.39 is 5.60 Å². The lowest BCUT2D eigenvalue weighted by molar-refractivity contribution is 0.0982. The van der Waals surface area contributed by atoms with Crippen molar-refractivity contribution in [3.05, 3.63) is 82.5 Å². The molecule has 1 unspecified atom stereocenters. The van der Waals surface area contributed by atoms with Crippen molar-refractivity contribution >= 4 is 17.8 Å². The van der Waals surface area contributed by atoms with Gasteiger partial charge < -0.3 is 10.1 Å². The lowest BCUT2D eigenvalue weighted by atomic mass is 9.77. The van der Waals surface area contributed by atoms with E-state index in [1.54, 1.807) is 6.07 Å². The summed E-state index contributed by atoms with van der Waals surface area (Å²) in [5.74, 6) is 0.445. The normalized spacial score (nSPS) is 25.6. The number of amidine groups is 1. The smallest absolute Gasteiger partial charge is 0.257 e. The van der Waals surface area contributed by atoms with Crippen molar-refractivity contribution in [2.45, 2.75) is 5.60 Å². The number of carbonyl (C=O) groups excluding carboxylic acids is 1. The highest BCUT2D eigenvalue weighted by molar-refractivity contribution is 6.24. The zero-order valence-corrected chi connectivity index (χ0v) is 12.1. The lowest BCUT2D eigenvalue weighted by Crippen LogP contribution is -2.41. The molecule has 2 N–H and O–H groups in total. The Kier molecular flexibility index (Phi) is 2.15. The molecule has 4 heteroatoms. The summed E-state index contributed by atoms with van der Waals surface area (Å²) in [6.07, 6.45) is 16.1. The van der Waals surface area contributed by atoms with Gasteiger partial charge in [0, 0.05) is 16.7 Å². The number of hydrogen-bond donors (Lipinski definition) is 2. The molecular formula is C19H12N2O2. The van der Waals surface area contributed by atoms with E-state index in [2.05, 4.69) is 11.4 Å². The molecule has 0 aromatic heterocycles. The monoisotopic (exact) mass is 300 g/mol. The summed E-state index contributed by atoms with van der Waals surface area (Å²) < 4.78 is 6.43. The van der Waals surface area contributed by atoms with E-state index in [0.29, 0.717) is 16.9 Å². The molecule has 4 aliphatic rings. The first-order chi connectivity index (χ1) is 11.2. The van der Waals surface area contributed by atoms with Gasteiger partial charge in [0.1, 0.15) is 11.6 Å². The second-order valence-corrected chi connectivity index (χ2v) is 5.87. The van der Waals surface area contributed by atoms with Crippen molar-refractivity contribution in [2.75, 3.05) is 0 Å². The number of fused-ring (bicyclic) bond motifs is 3. The zero-order valence-electron chi connectivity index (χ0n) is 12.1. The summed E-state index contributed by atoms with van der Waals surface area (Å²) in [5, 5.41) is 10.6. The van der Waals surface area contributed by atoms with E-state index >= 15 is 0 Å². The van der Waals surface area contributed by atoms with Crippen molar-refractivity contribution in [3.8, 4) is 5.75 Å². The minimum absolute atomic E-state index is 0.0994. The van der Waals surface area contributed by atoms with E-state index in [1.807, 2.05) is 48.6 Å². The van der Waals surface area contributed by atoms with Gasteiger partial charge in [-0.15, -0.1) is 0 Å². The third-order valence-electron chi connectivity index (χ3n) is 4.62. The number of hydrogen-bond acceptors (Lipinski definition) is 3. The molecule has 110 valence electrons. The van der Waals surface area contributed by atoms with Crippen molar-refractivity contribution in [1.29, 1.82) is 5.41 Å². The van der Waals surface area contributed by atoms with Crippen LogP contribution in [-0.2, 0) is 0 Å². The van der Waals surface area contributed by atoms with Crippen molar-refractivity contribution < 1.29 is 9.53 Å². The molecule has 0 fully saturated rings. The van der Waals surface area contributed by atoms with E-state index in [-0.39, 0.29) is 11.7 Å². The average molecular weight is 300 g/mol. The molecule has 1 spiro atoms. The summed E-state index contributed by atoms with van der Waals surface area (Å²) in [6.45, 7) is 0. The van der Waals surface area contributed by atoms with Crippen LogP contribution in [0, 0.1) is 5.41 Å². The Morgan fingerprint density at radius 3 is 2.87 bits per heavy atom. The van der Waals surface area contributed by atoms with E-state index in [1.165, 1.54) is 0 Å². The van der Waals surface area contributed by atoms with Gasteiger partial charge >= 0.3 is 0 Å². The van der Waals surface area contributed by atoms with Gasteiger partial charge in [-0.05, 0) is 18.2 Å². The molecule has 1 atom stereocenters. The molecular weight excluding hydrogens is 288 g/mol. The Morgan fingerprint density at radius 1 is 1.09 bits per heavy atom. The van der Waals surface area contributed by atoms with Gasteiger partial charge in [0.25, 0.3) is 5.91 Å². The molecule has 1 amide bonds. The number of amides is 1. The van der Waals surface area contributed by atoms with Gasteiger partial charge in [-0.2, -0.15) is 0 Å². The first-order valence-corrected chi connectivity index (χ1v) is 7.42. The average Bonchev–Trinajstić information content (AvgIpc) is 2.86. The topological polar surface area (TPSA) is 62.2 Å². The van der Waals surface area contributed by atoms with Gasteiger partial charge in [-0.25, -0.2) is 0 Å². The zero-order chi connectivity index (χ0) is 15.6. The number of benzene rings is 1. The van der Waals surface area contributed by atoms with Crippen molar-refractivity contribution in [1.82, 2.24) is 5.32 Å². The number of rotatable bonds is 0. The summed E-state index contributed by atoms with van der Waals surface area (Å²) in [5.41, 5.74) is 3.35. The molecule has 2 heterocycles. The molecule has 0 saturated carbocycles. The molecule has 1 aromatic carbocycles. The molecule has 23 heavy (non-hydrogen) atoms. The van der Waals surface area contributed by atoms with Crippen molar-refractivity contribution in [2.24, 2.45) is 0 Å². The third kappa shape index (κ3) is 1.45. The largest absolute Gasteiger partial charge is 0.472 e. The molecule has 0 bridgehead atoms. The highest BCUT2D eigenvalue weighted by Gasteiger charge is 2.43. The van der Waals surface area contributed by atoms with Crippen LogP contribution in [0.2, 0.25) is 0 Å². The van der Waals surface area contributed by atoms with E-state index in [9.17, 15) is 4.79 Å². The van der Waals surface area contributed by atoms with E-state index in [4.69, 9.17) is 10.1 Å². The van der Waals surface area contributed by atoms with Crippen LogP contribution in [0.1, 0.15) is 21.5 Å². The lowest BCUT2D eigenvalue weighted by Gasteiger charge is -2.40. The Hall–Kier alpha value is -3.14. The second kappa shape index (κ2) is 3.98. The summed E-state index contributed by atoms with van der Waals surface area (Å²) in [6, 6.07) is 3.63. The van der Waals surface area contributed by atoms with Crippen LogP contribution in [0.3, 0.4) is 0 Å². The van der Waals surface area contributed by atoms with Crippen LogP contribution < -0.4 is 10.1 Å². The Morgan fingerprint density at radius 2 is 1.96 bits per heavy atom. The Labute approximate surface area is 132 Å². The number of allylic oxidation sites excluding steroid dienone is 4. The quantitative estimate of drug-likeness (QED) is 0.774. The maximum atomic E-state index is 12.0.